The molecule has 1 atom stereocenters. The van der Waals surface area contributed by atoms with Gasteiger partial charge in [-0.2, -0.15) is 13.2 Å². The van der Waals surface area contributed by atoms with E-state index in [9.17, 15) is 18.0 Å². The van der Waals surface area contributed by atoms with Gasteiger partial charge in [0.2, 0.25) is 0 Å². The molecular formula is C18H14Cl2F3N3O2. The molecule has 148 valence electrons. The molecule has 2 aromatic heterocycles. The van der Waals surface area contributed by atoms with Gasteiger partial charge < -0.3 is 14.5 Å². The van der Waals surface area contributed by atoms with E-state index in [0.717, 1.165) is 12.3 Å². The van der Waals surface area contributed by atoms with E-state index in [0.29, 0.717) is 22.1 Å². The third kappa shape index (κ3) is 4.69. The van der Waals surface area contributed by atoms with Gasteiger partial charge in [-0.05, 0) is 37.3 Å². The van der Waals surface area contributed by atoms with Crippen LogP contribution in [0.2, 0.25) is 10.0 Å². The Labute approximate surface area is 168 Å². The quantitative estimate of drug-likeness (QED) is 0.634. The molecule has 0 bridgehead atoms. The molecule has 0 aliphatic heterocycles. The Morgan fingerprint density at radius 3 is 2.68 bits per heavy atom. The van der Waals surface area contributed by atoms with E-state index in [1.165, 1.54) is 22.7 Å². The van der Waals surface area contributed by atoms with Crippen LogP contribution in [0.1, 0.15) is 18.2 Å². The highest BCUT2D eigenvalue weighted by atomic mass is 35.5. The van der Waals surface area contributed by atoms with Crippen LogP contribution in [0.5, 0.6) is 5.75 Å². The smallest absolute Gasteiger partial charge is 0.417 e. The number of alkyl halides is 3. The number of nitrogens with one attached hydrogen (secondary N) is 1. The van der Waals surface area contributed by atoms with Gasteiger partial charge in [-0.15, -0.1) is 0 Å². The fourth-order valence-electron chi connectivity index (χ4n) is 2.43. The van der Waals surface area contributed by atoms with Gasteiger partial charge in [0.15, 0.2) is 6.10 Å². The standard InChI is InChI=1S/C18H14Cl2F3N3O2/c1-10(28-15-4-3-12(19)6-14(15)20)17(27)24-7-13-9-26-8-11(18(21,22)23)2-5-16(26)25-13/h2-6,8-10H,7H2,1H3,(H,24,27). The van der Waals surface area contributed by atoms with E-state index in [1.807, 2.05) is 0 Å². The molecule has 0 aliphatic rings. The molecule has 0 spiro atoms. The second-order valence-electron chi connectivity index (χ2n) is 5.97. The number of hydrogen-bond donors (Lipinski definition) is 1. The van der Waals surface area contributed by atoms with E-state index < -0.39 is 23.8 Å². The van der Waals surface area contributed by atoms with Gasteiger partial charge in [0, 0.05) is 17.4 Å². The lowest BCUT2D eigenvalue weighted by Crippen LogP contribution is -2.36. The molecule has 0 saturated heterocycles. The van der Waals surface area contributed by atoms with Crippen LogP contribution in [0.4, 0.5) is 13.2 Å². The Hall–Kier alpha value is -2.45. The van der Waals surface area contributed by atoms with Gasteiger partial charge >= 0.3 is 6.18 Å². The van der Waals surface area contributed by atoms with Gasteiger partial charge in [-0.3, -0.25) is 4.79 Å². The molecule has 0 radical (unpaired) electrons. The zero-order valence-corrected chi connectivity index (χ0v) is 15.9. The van der Waals surface area contributed by atoms with Crippen molar-refractivity contribution >= 4 is 34.8 Å². The number of fused-ring (bicyclic) bond motifs is 1. The summed E-state index contributed by atoms with van der Waals surface area (Å²) in [5.74, 6) is -0.125. The number of pyridine rings is 1. The summed E-state index contributed by atoms with van der Waals surface area (Å²) < 4.78 is 45.1. The van der Waals surface area contributed by atoms with Gasteiger partial charge in [0.25, 0.3) is 5.91 Å². The van der Waals surface area contributed by atoms with Crippen molar-refractivity contribution < 1.29 is 22.7 Å². The maximum absolute atomic E-state index is 12.8. The Morgan fingerprint density at radius 2 is 2.00 bits per heavy atom. The molecule has 1 aromatic carbocycles. The predicted octanol–water partition coefficient (Wildman–Crippen LogP) is 4.74. The monoisotopic (exact) mass is 431 g/mol. The van der Waals surface area contributed by atoms with Crippen molar-refractivity contribution in [2.75, 3.05) is 0 Å². The molecule has 1 N–H and O–H groups in total. The zero-order chi connectivity index (χ0) is 20.5. The van der Waals surface area contributed by atoms with E-state index in [2.05, 4.69) is 10.3 Å². The second-order valence-corrected chi connectivity index (χ2v) is 6.81. The largest absolute Gasteiger partial charge is 0.479 e. The summed E-state index contributed by atoms with van der Waals surface area (Å²) in [6.45, 7) is 1.57. The minimum absolute atomic E-state index is 0.0317. The van der Waals surface area contributed by atoms with Crippen LogP contribution >= 0.6 is 23.2 Å². The normalized spacial score (nSPS) is 12.8. The molecule has 10 heteroatoms. The first-order chi connectivity index (χ1) is 13.1. The summed E-state index contributed by atoms with van der Waals surface area (Å²) in [7, 11) is 0. The van der Waals surface area contributed by atoms with Crippen LogP contribution < -0.4 is 10.1 Å². The van der Waals surface area contributed by atoms with Crippen molar-refractivity contribution in [1.82, 2.24) is 14.7 Å². The minimum Gasteiger partial charge on any atom is -0.479 e. The van der Waals surface area contributed by atoms with Crippen LogP contribution in [0.3, 0.4) is 0 Å². The molecule has 0 aliphatic carbocycles. The third-order valence-electron chi connectivity index (χ3n) is 3.84. The van der Waals surface area contributed by atoms with Gasteiger partial charge in [0.1, 0.15) is 11.4 Å². The SMILES string of the molecule is CC(Oc1ccc(Cl)cc1Cl)C(=O)NCc1cn2cc(C(F)(F)F)ccc2n1. The van der Waals surface area contributed by atoms with Crippen LogP contribution in [-0.2, 0) is 17.5 Å². The molecular weight excluding hydrogens is 418 g/mol. The number of hydrogen-bond acceptors (Lipinski definition) is 3. The number of rotatable bonds is 5. The van der Waals surface area contributed by atoms with Crippen LogP contribution in [-0.4, -0.2) is 21.4 Å². The van der Waals surface area contributed by atoms with E-state index >= 15 is 0 Å². The first-order valence-electron chi connectivity index (χ1n) is 8.08. The second kappa shape index (κ2) is 7.89. The molecule has 2 heterocycles. The Balaban J connectivity index is 1.63. The molecule has 0 saturated carbocycles. The van der Waals surface area contributed by atoms with Crippen molar-refractivity contribution in [2.45, 2.75) is 25.7 Å². The Morgan fingerprint density at radius 1 is 1.25 bits per heavy atom. The maximum Gasteiger partial charge on any atom is 0.417 e. The zero-order valence-electron chi connectivity index (χ0n) is 14.4. The Bertz CT molecular complexity index is 1020. The minimum atomic E-state index is -4.44. The number of imidazole rings is 1. The highest BCUT2D eigenvalue weighted by Crippen LogP contribution is 2.29. The third-order valence-corrected chi connectivity index (χ3v) is 4.37. The first kappa shape index (κ1) is 20.3. The molecule has 1 amide bonds. The number of carbonyl (C=O) groups excluding carboxylic acids is 1. The van der Waals surface area contributed by atoms with Gasteiger partial charge in [-0.25, -0.2) is 4.98 Å². The number of ether oxygens (including phenoxy) is 1. The molecule has 28 heavy (non-hydrogen) atoms. The van der Waals surface area contributed by atoms with Crippen molar-refractivity contribution in [3.05, 3.63) is 64.0 Å². The first-order valence-corrected chi connectivity index (χ1v) is 8.83. The number of aromatic nitrogens is 2. The summed E-state index contributed by atoms with van der Waals surface area (Å²) >= 11 is 11.8. The fraction of sp³-hybridized carbons (Fsp3) is 0.222. The molecule has 3 rings (SSSR count). The van der Waals surface area contributed by atoms with Crippen molar-refractivity contribution in [3.8, 4) is 5.75 Å². The average molecular weight is 432 g/mol. The highest BCUT2D eigenvalue weighted by molar-refractivity contribution is 6.35. The summed E-state index contributed by atoms with van der Waals surface area (Å²) in [5, 5.41) is 3.34. The lowest BCUT2D eigenvalue weighted by atomic mass is 10.3. The van der Waals surface area contributed by atoms with Crippen molar-refractivity contribution in [1.29, 1.82) is 0 Å². The summed E-state index contributed by atoms with van der Waals surface area (Å²) in [6, 6.07) is 6.85. The maximum atomic E-state index is 12.8. The van der Waals surface area contributed by atoms with E-state index in [-0.39, 0.29) is 11.6 Å². The lowest BCUT2D eigenvalue weighted by molar-refractivity contribution is -0.137. The van der Waals surface area contributed by atoms with Crippen LogP contribution in [0, 0.1) is 0 Å². The molecule has 0 fully saturated rings. The molecule has 1 unspecified atom stereocenters. The number of benzene rings is 1. The predicted molar refractivity (Wildman–Crippen MR) is 98.6 cm³/mol. The summed E-state index contributed by atoms with van der Waals surface area (Å²) in [5.41, 5.74) is -0.0336. The molecule has 5 nitrogen and oxygen atoms in total. The fourth-order valence-corrected chi connectivity index (χ4v) is 2.89. The topological polar surface area (TPSA) is 55.6 Å². The number of carbonyl (C=O) groups is 1. The van der Waals surface area contributed by atoms with Crippen LogP contribution in [0.25, 0.3) is 5.65 Å². The van der Waals surface area contributed by atoms with Crippen LogP contribution in [0.15, 0.2) is 42.7 Å². The van der Waals surface area contributed by atoms with E-state index in [1.54, 1.807) is 19.1 Å². The van der Waals surface area contributed by atoms with Crippen molar-refractivity contribution in [2.24, 2.45) is 0 Å². The highest BCUT2D eigenvalue weighted by Gasteiger charge is 2.30. The number of amides is 1. The summed E-state index contributed by atoms with van der Waals surface area (Å²) in [6.07, 6.45) is -2.93. The van der Waals surface area contributed by atoms with Crippen molar-refractivity contribution in [3.63, 3.8) is 0 Å². The van der Waals surface area contributed by atoms with E-state index in [4.69, 9.17) is 27.9 Å². The Kier molecular flexibility index (Phi) is 5.71. The molecule has 3 aromatic rings. The van der Waals surface area contributed by atoms with Gasteiger partial charge in [0.05, 0.1) is 22.8 Å². The average Bonchev–Trinajstić information content (AvgIpc) is 3.03. The number of halogens is 5. The summed E-state index contributed by atoms with van der Waals surface area (Å²) in [4.78, 5) is 16.4. The van der Waals surface area contributed by atoms with Gasteiger partial charge in [-0.1, -0.05) is 23.2 Å². The lowest BCUT2D eigenvalue weighted by Gasteiger charge is -2.15. The number of nitrogens with zero attached hydrogens (tertiary/aromatic N) is 2.